The lowest BCUT2D eigenvalue weighted by atomic mass is 9.81. The molecule has 1 nitrogen and oxygen atoms in total. The van der Waals surface area contributed by atoms with Crippen molar-refractivity contribution in [2.24, 2.45) is 0 Å². The number of hydrogen-bond acceptors (Lipinski definition) is 0. The molecule has 10 aromatic carbocycles. The lowest BCUT2D eigenvalue weighted by Crippen LogP contribution is -2.14. The predicted octanol–water partition coefficient (Wildman–Crippen LogP) is 14.5. The number of para-hydroxylation sites is 1. The Morgan fingerprint density at radius 2 is 1.02 bits per heavy atom. The van der Waals surface area contributed by atoms with Crippen LogP contribution in [0.3, 0.4) is 0 Å². The van der Waals surface area contributed by atoms with E-state index in [1.54, 1.807) is 0 Å². The monoisotopic (exact) mass is 685 g/mol. The lowest BCUT2D eigenvalue weighted by Gasteiger charge is -2.21. The van der Waals surface area contributed by atoms with Crippen molar-refractivity contribution in [2.75, 3.05) is 0 Å². The third kappa shape index (κ3) is 3.88. The second-order valence-electron chi connectivity index (χ2n) is 15.6. The zero-order chi connectivity index (χ0) is 35.7. The van der Waals surface area contributed by atoms with Crippen LogP contribution in [0.25, 0.3) is 104 Å². The van der Waals surface area contributed by atoms with Gasteiger partial charge in [0.2, 0.25) is 0 Å². The van der Waals surface area contributed by atoms with E-state index in [9.17, 15) is 0 Å². The SMILES string of the molecule is CC1(C)c2ccccc2-c2c1c1cc(-c3ccc4ccc5c(-c6cc7ccccc7c7ccccc67)ccc6ccc3c4c65)ccc1n2-c1ccccc1. The second kappa shape index (κ2) is 10.7. The van der Waals surface area contributed by atoms with E-state index >= 15 is 0 Å². The van der Waals surface area contributed by atoms with E-state index in [0.29, 0.717) is 0 Å². The number of hydrogen-bond donors (Lipinski definition) is 0. The highest BCUT2D eigenvalue weighted by Crippen LogP contribution is 2.54. The highest BCUT2D eigenvalue weighted by molar-refractivity contribution is 6.29. The Kier molecular flexibility index (Phi) is 5.90. The van der Waals surface area contributed by atoms with Crippen LogP contribution in [-0.2, 0) is 5.41 Å². The molecule has 0 fully saturated rings. The van der Waals surface area contributed by atoms with Gasteiger partial charge in [-0.15, -0.1) is 0 Å². The van der Waals surface area contributed by atoms with Crippen LogP contribution in [0, 0.1) is 0 Å². The Balaban J connectivity index is 1.12. The molecule has 0 unspecified atom stereocenters. The van der Waals surface area contributed by atoms with Crippen LogP contribution < -0.4 is 0 Å². The molecule has 0 amide bonds. The molecule has 0 bridgehead atoms. The lowest BCUT2D eigenvalue weighted by molar-refractivity contribution is 0.666. The summed E-state index contributed by atoms with van der Waals surface area (Å²) in [6, 6.07) is 65.8. The van der Waals surface area contributed by atoms with Crippen molar-refractivity contribution in [1.29, 1.82) is 0 Å². The molecule has 0 saturated heterocycles. The number of nitrogens with zero attached hydrogens (tertiary/aromatic N) is 1. The summed E-state index contributed by atoms with van der Waals surface area (Å²) in [4.78, 5) is 0. The van der Waals surface area contributed by atoms with E-state index in [2.05, 4.69) is 194 Å². The van der Waals surface area contributed by atoms with Crippen LogP contribution in [0.4, 0.5) is 0 Å². The number of fused-ring (bicyclic) bond motifs is 8. The summed E-state index contributed by atoms with van der Waals surface area (Å²) in [5.41, 5.74) is 12.9. The van der Waals surface area contributed by atoms with E-state index in [-0.39, 0.29) is 5.41 Å². The minimum absolute atomic E-state index is 0.130. The molecule has 252 valence electrons. The van der Waals surface area contributed by atoms with E-state index in [1.165, 1.54) is 115 Å². The van der Waals surface area contributed by atoms with Gasteiger partial charge in [0.05, 0.1) is 11.2 Å². The maximum atomic E-state index is 2.49. The van der Waals surface area contributed by atoms with Crippen LogP contribution in [0.1, 0.15) is 25.0 Å². The summed E-state index contributed by atoms with van der Waals surface area (Å²) in [7, 11) is 0. The van der Waals surface area contributed by atoms with Gasteiger partial charge in [-0.2, -0.15) is 0 Å². The van der Waals surface area contributed by atoms with Crippen LogP contribution in [0.5, 0.6) is 0 Å². The van der Waals surface area contributed by atoms with E-state index in [1.807, 2.05) is 0 Å². The summed E-state index contributed by atoms with van der Waals surface area (Å²) in [6.45, 7) is 4.79. The summed E-state index contributed by atoms with van der Waals surface area (Å²) >= 11 is 0. The summed E-state index contributed by atoms with van der Waals surface area (Å²) in [6.07, 6.45) is 0. The van der Waals surface area contributed by atoms with Crippen molar-refractivity contribution in [2.45, 2.75) is 19.3 Å². The standard InChI is InChI=1S/C53H35N/c1-53(2)47-19-11-10-18-44(47)52-51(53)46-31-35(24-29-48(46)54(52)36-13-4-3-5-14-36)38-25-20-32-23-28-43-41(26-21-33-22-27-42(38)49(32)50(33)43)45-30-34-12-6-7-15-37(34)39-16-8-9-17-40(39)45/h3-31H,1-2H3. The molecule has 0 spiro atoms. The highest BCUT2D eigenvalue weighted by Gasteiger charge is 2.40. The first-order chi connectivity index (χ1) is 26.6. The zero-order valence-electron chi connectivity index (χ0n) is 30.2. The topological polar surface area (TPSA) is 4.93 Å². The molecule has 11 aromatic rings. The van der Waals surface area contributed by atoms with Crippen molar-refractivity contribution >= 4 is 64.8 Å². The molecule has 0 atom stereocenters. The fraction of sp³-hybridized carbons (Fsp3) is 0.0566. The van der Waals surface area contributed by atoms with Crippen LogP contribution in [0.15, 0.2) is 176 Å². The van der Waals surface area contributed by atoms with Crippen LogP contribution >= 0.6 is 0 Å². The Morgan fingerprint density at radius 3 is 1.81 bits per heavy atom. The van der Waals surface area contributed by atoms with Gasteiger partial charge in [-0.25, -0.2) is 0 Å². The Hall–Kier alpha value is -6.70. The molecule has 54 heavy (non-hydrogen) atoms. The molecule has 1 aromatic heterocycles. The highest BCUT2D eigenvalue weighted by atomic mass is 15.0. The van der Waals surface area contributed by atoms with Gasteiger partial charge >= 0.3 is 0 Å². The van der Waals surface area contributed by atoms with Gasteiger partial charge in [0.15, 0.2) is 0 Å². The van der Waals surface area contributed by atoms with Gasteiger partial charge in [0.25, 0.3) is 0 Å². The molecule has 0 radical (unpaired) electrons. The Morgan fingerprint density at radius 1 is 0.389 bits per heavy atom. The fourth-order valence-electron chi connectivity index (χ4n) is 10.1. The Labute approximate surface area is 313 Å². The normalized spacial score (nSPS) is 13.5. The summed E-state index contributed by atoms with van der Waals surface area (Å²) < 4.78 is 2.49. The molecular weight excluding hydrogens is 651 g/mol. The van der Waals surface area contributed by atoms with Crippen LogP contribution in [0.2, 0.25) is 0 Å². The molecular formula is C53H35N. The maximum Gasteiger partial charge on any atom is 0.0584 e. The van der Waals surface area contributed by atoms with Crippen molar-refractivity contribution in [3.63, 3.8) is 0 Å². The van der Waals surface area contributed by atoms with Gasteiger partial charge in [-0.05, 0) is 118 Å². The number of benzene rings is 10. The third-order valence-electron chi connectivity index (χ3n) is 12.5. The zero-order valence-corrected chi connectivity index (χ0v) is 30.2. The molecule has 12 rings (SSSR count). The van der Waals surface area contributed by atoms with Crippen molar-refractivity contribution in [3.8, 4) is 39.2 Å². The fourth-order valence-corrected chi connectivity index (χ4v) is 10.1. The maximum absolute atomic E-state index is 2.49. The number of aromatic nitrogens is 1. The minimum atomic E-state index is -0.130. The van der Waals surface area contributed by atoms with E-state index < -0.39 is 0 Å². The van der Waals surface area contributed by atoms with Gasteiger partial charge in [0.1, 0.15) is 0 Å². The van der Waals surface area contributed by atoms with Gasteiger partial charge < -0.3 is 4.57 Å². The quantitative estimate of drug-likeness (QED) is 0.163. The predicted molar refractivity (Wildman–Crippen MR) is 230 cm³/mol. The van der Waals surface area contributed by atoms with Crippen molar-refractivity contribution in [3.05, 3.63) is 187 Å². The Bertz CT molecular complexity index is 3340. The molecule has 1 heteroatoms. The van der Waals surface area contributed by atoms with E-state index in [0.717, 1.165) is 0 Å². The van der Waals surface area contributed by atoms with Gasteiger partial charge in [0, 0.05) is 22.1 Å². The average Bonchev–Trinajstić information content (AvgIpc) is 3.69. The van der Waals surface area contributed by atoms with Crippen LogP contribution in [-0.4, -0.2) is 4.57 Å². The summed E-state index contributed by atoms with van der Waals surface area (Å²) in [5, 5.41) is 14.3. The molecule has 0 saturated carbocycles. The average molecular weight is 686 g/mol. The molecule has 0 aliphatic heterocycles. The largest absolute Gasteiger partial charge is 0.309 e. The molecule has 1 heterocycles. The van der Waals surface area contributed by atoms with Gasteiger partial charge in [-0.3, -0.25) is 0 Å². The third-order valence-corrected chi connectivity index (χ3v) is 12.5. The van der Waals surface area contributed by atoms with Crippen molar-refractivity contribution in [1.82, 2.24) is 4.57 Å². The number of rotatable bonds is 3. The first-order valence-electron chi connectivity index (χ1n) is 19.0. The van der Waals surface area contributed by atoms with Crippen molar-refractivity contribution < 1.29 is 0 Å². The first-order valence-corrected chi connectivity index (χ1v) is 19.0. The van der Waals surface area contributed by atoms with Gasteiger partial charge in [-0.1, -0.05) is 159 Å². The van der Waals surface area contributed by atoms with E-state index in [4.69, 9.17) is 0 Å². The first kappa shape index (κ1) is 29.8. The molecule has 1 aliphatic rings. The minimum Gasteiger partial charge on any atom is -0.309 e. The molecule has 1 aliphatic carbocycles. The summed E-state index contributed by atoms with van der Waals surface area (Å²) in [5.74, 6) is 0. The smallest absolute Gasteiger partial charge is 0.0584 e. The second-order valence-corrected chi connectivity index (χ2v) is 15.6. The molecule has 0 N–H and O–H groups in total.